The van der Waals surface area contributed by atoms with E-state index in [2.05, 4.69) is 27.4 Å². The maximum absolute atomic E-state index is 11.8. The monoisotopic (exact) mass is 382 g/mol. The number of amides is 2. The lowest BCUT2D eigenvalue weighted by Gasteiger charge is -2.11. The third kappa shape index (κ3) is 6.56. The van der Waals surface area contributed by atoms with Crippen molar-refractivity contribution < 1.29 is 19.1 Å². The molecule has 1 aromatic carbocycles. The van der Waals surface area contributed by atoms with Gasteiger partial charge in [-0.2, -0.15) is 5.10 Å². The van der Waals surface area contributed by atoms with Gasteiger partial charge in [0.1, 0.15) is 6.61 Å². The summed E-state index contributed by atoms with van der Waals surface area (Å²) in [5, 5.41) is 6.29. The molecule has 8 nitrogen and oxygen atoms in total. The largest absolute Gasteiger partial charge is 0.490 e. The van der Waals surface area contributed by atoms with Gasteiger partial charge in [-0.1, -0.05) is 18.7 Å². The van der Waals surface area contributed by atoms with Crippen molar-refractivity contribution in [1.82, 2.24) is 15.7 Å². The molecule has 0 atom stereocenters. The lowest BCUT2D eigenvalue weighted by atomic mass is 10.2. The van der Waals surface area contributed by atoms with Gasteiger partial charge >= 0.3 is 11.8 Å². The molecule has 0 fully saturated rings. The summed E-state index contributed by atoms with van der Waals surface area (Å²) in [6, 6.07) is 8.75. The highest BCUT2D eigenvalue weighted by Gasteiger charge is 2.12. The van der Waals surface area contributed by atoms with E-state index >= 15 is 0 Å². The van der Waals surface area contributed by atoms with Crippen molar-refractivity contribution in [3.05, 3.63) is 66.5 Å². The Labute approximate surface area is 163 Å². The second-order valence-corrected chi connectivity index (χ2v) is 5.48. The van der Waals surface area contributed by atoms with Crippen LogP contribution in [-0.4, -0.2) is 36.2 Å². The van der Waals surface area contributed by atoms with Gasteiger partial charge in [-0.05, 0) is 42.3 Å². The predicted octanol–water partition coefficient (Wildman–Crippen LogP) is 1.81. The Balaban J connectivity index is 1.89. The number of aromatic nitrogens is 1. The van der Waals surface area contributed by atoms with Crippen LogP contribution in [0.5, 0.6) is 11.5 Å². The SMILES string of the molecule is C=CCOc1ccc(C=NNC(=O)C(=O)NCc2cccnc2)cc1OCC. The van der Waals surface area contributed by atoms with Crippen LogP contribution in [0, 0.1) is 0 Å². The van der Waals surface area contributed by atoms with Crippen LogP contribution in [-0.2, 0) is 16.1 Å². The minimum absolute atomic E-state index is 0.202. The average Bonchev–Trinajstić information content (AvgIpc) is 2.72. The van der Waals surface area contributed by atoms with Crippen LogP contribution < -0.4 is 20.2 Å². The second-order valence-electron chi connectivity index (χ2n) is 5.48. The van der Waals surface area contributed by atoms with Crippen LogP contribution in [0.25, 0.3) is 0 Å². The lowest BCUT2D eigenvalue weighted by Crippen LogP contribution is -2.37. The smallest absolute Gasteiger partial charge is 0.329 e. The van der Waals surface area contributed by atoms with E-state index in [0.29, 0.717) is 30.3 Å². The van der Waals surface area contributed by atoms with Gasteiger partial charge < -0.3 is 14.8 Å². The Morgan fingerprint density at radius 2 is 2.07 bits per heavy atom. The standard InChI is InChI=1S/C20H22N4O4/c1-3-10-28-17-8-7-15(11-18(17)27-4-2)14-23-24-20(26)19(25)22-13-16-6-5-9-21-12-16/h3,5-9,11-12,14H,1,4,10,13H2,2H3,(H,22,25)(H,24,26). The van der Waals surface area contributed by atoms with Gasteiger partial charge in [0.05, 0.1) is 12.8 Å². The highest BCUT2D eigenvalue weighted by molar-refractivity contribution is 6.35. The Morgan fingerprint density at radius 3 is 2.79 bits per heavy atom. The van der Waals surface area contributed by atoms with E-state index < -0.39 is 11.8 Å². The summed E-state index contributed by atoms with van der Waals surface area (Å²) in [6.07, 6.45) is 6.28. The lowest BCUT2D eigenvalue weighted by molar-refractivity contribution is -0.139. The summed E-state index contributed by atoms with van der Waals surface area (Å²) in [4.78, 5) is 27.5. The summed E-state index contributed by atoms with van der Waals surface area (Å²) >= 11 is 0. The number of hydrazone groups is 1. The van der Waals surface area contributed by atoms with Crippen LogP contribution in [0.4, 0.5) is 0 Å². The number of nitrogens with one attached hydrogen (secondary N) is 2. The topological polar surface area (TPSA) is 102 Å². The first-order valence-electron chi connectivity index (χ1n) is 8.64. The minimum atomic E-state index is -0.865. The zero-order valence-electron chi connectivity index (χ0n) is 15.6. The van der Waals surface area contributed by atoms with Gasteiger partial charge in [0, 0.05) is 18.9 Å². The third-order valence-corrected chi connectivity index (χ3v) is 3.39. The number of hydrogen-bond donors (Lipinski definition) is 2. The van der Waals surface area contributed by atoms with E-state index in [4.69, 9.17) is 9.47 Å². The molecule has 0 saturated heterocycles. The molecule has 0 radical (unpaired) electrons. The van der Waals surface area contributed by atoms with E-state index in [-0.39, 0.29) is 6.54 Å². The van der Waals surface area contributed by atoms with Crippen molar-refractivity contribution in [3.63, 3.8) is 0 Å². The second kappa shape index (κ2) is 11.1. The highest BCUT2D eigenvalue weighted by Crippen LogP contribution is 2.28. The molecule has 1 aromatic heterocycles. The summed E-state index contributed by atoms with van der Waals surface area (Å²) in [6.45, 7) is 6.50. The van der Waals surface area contributed by atoms with Crippen molar-refractivity contribution in [2.24, 2.45) is 5.10 Å². The molecule has 1 heterocycles. The number of pyridine rings is 1. The third-order valence-electron chi connectivity index (χ3n) is 3.39. The Hall–Kier alpha value is -3.68. The van der Waals surface area contributed by atoms with E-state index in [0.717, 1.165) is 5.56 Å². The Morgan fingerprint density at radius 1 is 1.21 bits per heavy atom. The molecule has 0 spiro atoms. The fourth-order valence-corrected chi connectivity index (χ4v) is 2.12. The molecule has 0 unspecified atom stereocenters. The molecule has 0 aliphatic heterocycles. The number of hydrogen-bond acceptors (Lipinski definition) is 6. The predicted molar refractivity (Wildman–Crippen MR) is 105 cm³/mol. The van der Waals surface area contributed by atoms with Crippen molar-refractivity contribution in [2.75, 3.05) is 13.2 Å². The number of rotatable bonds is 9. The average molecular weight is 382 g/mol. The van der Waals surface area contributed by atoms with Gasteiger partial charge in [-0.25, -0.2) is 5.43 Å². The molecule has 2 amide bonds. The van der Waals surface area contributed by atoms with E-state index in [1.165, 1.54) is 6.21 Å². The number of carbonyl (C=O) groups is 2. The van der Waals surface area contributed by atoms with Gasteiger partial charge in [0.25, 0.3) is 0 Å². The summed E-state index contributed by atoms with van der Waals surface area (Å²) < 4.78 is 11.1. The van der Waals surface area contributed by atoms with Gasteiger partial charge in [-0.3, -0.25) is 14.6 Å². The molecule has 8 heteroatoms. The Kier molecular flexibility index (Phi) is 8.19. The molecular formula is C20H22N4O4. The molecule has 0 saturated carbocycles. The quantitative estimate of drug-likeness (QED) is 0.298. The van der Waals surface area contributed by atoms with E-state index in [1.807, 2.05) is 6.92 Å². The molecule has 0 aliphatic carbocycles. The first-order chi connectivity index (χ1) is 13.6. The Bertz CT molecular complexity index is 837. The van der Waals surface area contributed by atoms with E-state index in [9.17, 15) is 9.59 Å². The molecule has 28 heavy (non-hydrogen) atoms. The van der Waals surface area contributed by atoms with Gasteiger partial charge in [-0.15, -0.1) is 0 Å². The number of nitrogens with zero attached hydrogens (tertiary/aromatic N) is 2. The summed E-state index contributed by atoms with van der Waals surface area (Å²) in [7, 11) is 0. The molecule has 2 aromatic rings. The van der Waals surface area contributed by atoms with E-state index in [1.54, 1.807) is 48.8 Å². The maximum atomic E-state index is 11.8. The molecule has 2 N–H and O–H groups in total. The minimum Gasteiger partial charge on any atom is -0.490 e. The fraction of sp³-hybridized carbons (Fsp3) is 0.200. The zero-order valence-corrected chi connectivity index (χ0v) is 15.6. The number of carbonyl (C=O) groups excluding carboxylic acids is 2. The van der Waals surface area contributed by atoms with Crippen LogP contribution in [0.1, 0.15) is 18.1 Å². The van der Waals surface area contributed by atoms with Crippen LogP contribution in [0.15, 0.2) is 60.5 Å². The van der Waals surface area contributed by atoms with Crippen LogP contribution >= 0.6 is 0 Å². The van der Waals surface area contributed by atoms with Crippen LogP contribution in [0.3, 0.4) is 0 Å². The molecule has 0 aliphatic rings. The normalized spacial score (nSPS) is 10.3. The molecule has 146 valence electrons. The van der Waals surface area contributed by atoms with Gasteiger partial charge in [0.15, 0.2) is 11.5 Å². The first kappa shape index (κ1) is 20.6. The van der Waals surface area contributed by atoms with Crippen molar-refractivity contribution in [1.29, 1.82) is 0 Å². The van der Waals surface area contributed by atoms with Crippen molar-refractivity contribution >= 4 is 18.0 Å². The first-order valence-corrected chi connectivity index (χ1v) is 8.64. The highest BCUT2D eigenvalue weighted by atomic mass is 16.5. The number of benzene rings is 1. The maximum Gasteiger partial charge on any atom is 0.329 e. The molecular weight excluding hydrogens is 360 g/mol. The summed E-state index contributed by atoms with van der Waals surface area (Å²) in [5.41, 5.74) is 3.64. The van der Waals surface area contributed by atoms with Crippen molar-refractivity contribution in [3.8, 4) is 11.5 Å². The molecule has 0 bridgehead atoms. The van der Waals surface area contributed by atoms with Gasteiger partial charge in [0.2, 0.25) is 0 Å². The van der Waals surface area contributed by atoms with Crippen LogP contribution in [0.2, 0.25) is 0 Å². The zero-order chi connectivity index (χ0) is 20.2. The fourth-order valence-electron chi connectivity index (χ4n) is 2.12. The molecule has 2 rings (SSSR count). The number of ether oxygens (including phenoxy) is 2. The van der Waals surface area contributed by atoms with Crippen molar-refractivity contribution in [2.45, 2.75) is 13.5 Å². The summed E-state index contributed by atoms with van der Waals surface area (Å²) in [5.74, 6) is -0.521.